The van der Waals surface area contributed by atoms with E-state index in [9.17, 15) is 13.2 Å². The van der Waals surface area contributed by atoms with Crippen molar-refractivity contribution in [1.29, 1.82) is 0 Å². The summed E-state index contributed by atoms with van der Waals surface area (Å²) in [4.78, 5) is 12.5. The molecule has 10 heteroatoms. The molecule has 3 rings (SSSR count). The van der Waals surface area contributed by atoms with E-state index in [1.54, 1.807) is 37.3 Å². The lowest BCUT2D eigenvalue weighted by Gasteiger charge is -2.15. The van der Waals surface area contributed by atoms with Crippen LogP contribution in [0.1, 0.15) is 34.3 Å². The number of carbonyl (C=O) groups excluding carboxylic acids is 1. The second-order valence-corrected chi connectivity index (χ2v) is 9.44. The first-order valence-corrected chi connectivity index (χ1v) is 11.8. The molecule has 0 bridgehead atoms. The molecule has 0 unspecified atom stereocenters. The Morgan fingerprint density at radius 3 is 2.68 bits per heavy atom. The summed E-state index contributed by atoms with van der Waals surface area (Å²) in [6, 6.07) is 11.5. The van der Waals surface area contributed by atoms with Crippen molar-refractivity contribution in [2.45, 2.75) is 37.7 Å². The third-order valence-electron chi connectivity index (χ3n) is 4.81. The van der Waals surface area contributed by atoms with Crippen molar-refractivity contribution in [3.05, 3.63) is 59.2 Å². The summed E-state index contributed by atoms with van der Waals surface area (Å²) < 4.78 is 33.8. The van der Waals surface area contributed by atoms with Gasteiger partial charge in [0.05, 0.1) is 11.0 Å². The number of amides is 1. The number of hydrogen-bond acceptors (Lipinski definition) is 5. The predicted octanol–water partition coefficient (Wildman–Crippen LogP) is 2.39. The number of thiocarbonyl (C=S) groups is 1. The molecule has 1 saturated heterocycles. The van der Waals surface area contributed by atoms with Gasteiger partial charge < -0.3 is 10.1 Å². The molecule has 8 nitrogen and oxygen atoms in total. The predicted molar refractivity (Wildman–Crippen MR) is 123 cm³/mol. The zero-order valence-electron chi connectivity index (χ0n) is 17.4. The van der Waals surface area contributed by atoms with Crippen molar-refractivity contribution in [3.63, 3.8) is 0 Å². The minimum Gasteiger partial charge on any atom is -0.376 e. The molecule has 0 spiro atoms. The van der Waals surface area contributed by atoms with Gasteiger partial charge in [-0.05, 0) is 74.3 Å². The van der Waals surface area contributed by atoms with Gasteiger partial charge in [0.25, 0.3) is 15.9 Å². The van der Waals surface area contributed by atoms with Gasteiger partial charge in [0, 0.05) is 24.4 Å². The van der Waals surface area contributed by atoms with Gasteiger partial charge in [-0.2, -0.15) is 0 Å². The average molecular weight is 463 g/mol. The molecule has 0 aromatic heterocycles. The molecule has 1 amide bonds. The zero-order chi connectivity index (χ0) is 22.4. The highest BCUT2D eigenvalue weighted by molar-refractivity contribution is 7.92. The molecule has 1 heterocycles. The largest absolute Gasteiger partial charge is 0.376 e. The van der Waals surface area contributed by atoms with Crippen molar-refractivity contribution in [1.82, 2.24) is 16.2 Å². The van der Waals surface area contributed by atoms with Crippen LogP contribution in [-0.4, -0.2) is 38.7 Å². The Hall–Kier alpha value is -2.69. The molecule has 166 valence electrons. The van der Waals surface area contributed by atoms with Crippen LogP contribution >= 0.6 is 12.2 Å². The highest BCUT2D eigenvalue weighted by atomic mass is 32.2. The number of benzene rings is 2. The molecule has 1 fully saturated rings. The fourth-order valence-corrected chi connectivity index (χ4v) is 4.65. The number of rotatable bonds is 6. The summed E-state index contributed by atoms with van der Waals surface area (Å²) in [7, 11) is -3.87. The number of nitrogens with one attached hydrogen (secondary N) is 4. The quantitative estimate of drug-likeness (QED) is 0.386. The van der Waals surface area contributed by atoms with Crippen molar-refractivity contribution >= 4 is 38.9 Å². The van der Waals surface area contributed by atoms with Crippen LogP contribution in [0.25, 0.3) is 0 Å². The van der Waals surface area contributed by atoms with Crippen LogP contribution in [0.2, 0.25) is 0 Å². The van der Waals surface area contributed by atoms with Gasteiger partial charge in [0.1, 0.15) is 0 Å². The van der Waals surface area contributed by atoms with Gasteiger partial charge in [-0.3, -0.25) is 20.4 Å². The van der Waals surface area contributed by atoms with Crippen LogP contribution in [-0.2, 0) is 14.8 Å². The minimum absolute atomic E-state index is 0.0285. The lowest BCUT2D eigenvalue weighted by Crippen LogP contribution is -2.48. The number of aryl methyl sites for hydroxylation is 2. The van der Waals surface area contributed by atoms with Crippen LogP contribution in [0.5, 0.6) is 0 Å². The third-order valence-corrected chi connectivity index (χ3v) is 6.58. The Morgan fingerprint density at radius 1 is 1.16 bits per heavy atom. The molecule has 0 aliphatic carbocycles. The highest BCUT2D eigenvalue weighted by Gasteiger charge is 2.20. The zero-order valence-corrected chi connectivity index (χ0v) is 19.0. The van der Waals surface area contributed by atoms with Crippen LogP contribution in [0.4, 0.5) is 5.69 Å². The second-order valence-electron chi connectivity index (χ2n) is 7.38. The first-order valence-electron chi connectivity index (χ1n) is 9.90. The maximum absolute atomic E-state index is 12.9. The highest BCUT2D eigenvalue weighted by Crippen LogP contribution is 2.21. The summed E-state index contributed by atoms with van der Waals surface area (Å²) in [5.41, 5.74) is 7.20. The summed E-state index contributed by atoms with van der Waals surface area (Å²) in [5.74, 6) is -0.506. The molecular formula is C21H26N4O4S2. The summed E-state index contributed by atoms with van der Waals surface area (Å²) in [6.07, 6.45) is 2.11. The Balaban J connectivity index is 1.63. The van der Waals surface area contributed by atoms with Crippen molar-refractivity contribution < 1.29 is 17.9 Å². The molecule has 1 aliphatic heterocycles. The topological polar surface area (TPSA) is 109 Å². The Bertz CT molecular complexity index is 1070. The first kappa shape index (κ1) is 23.0. The number of hydrazine groups is 1. The fraction of sp³-hybridized carbons (Fsp3) is 0.333. The van der Waals surface area contributed by atoms with Crippen molar-refractivity contribution in [2.75, 3.05) is 17.9 Å². The molecule has 2 aromatic carbocycles. The van der Waals surface area contributed by atoms with Crippen LogP contribution in [0.3, 0.4) is 0 Å². The summed E-state index contributed by atoms with van der Waals surface area (Å²) >= 11 is 5.15. The Labute approximate surface area is 187 Å². The lowest BCUT2D eigenvalue weighted by atomic mass is 10.1. The van der Waals surface area contributed by atoms with E-state index in [2.05, 4.69) is 20.9 Å². The first-order chi connectivity index (χ1) is 14.7. The van der Waals surface area contributed by atoms with E-state index in [0.29, 0.717) is 17.8 Å². The SMILES string of the molecule is Cc1cccc(NS(=O)(=O)c2cc(C(=O)NNC(=S)NC[C@@H]3CCCO3)ccc2C)c1. The van der Waals surface area contributed by atoms with E-state index >= 15 is 0 Å². The third kappa shape index (κ3) is 6.39. The van der Waals surface area contributed by atoms with Gasteiger partial charge in [0.2, 0.25) is 0 Å². The van der Waals surface area contributed by atoms with E-state index in [-0.39, 0.29) is 21.7 Å². The van der Waals surface area contributed by atoms with Gasteiger partial charge in [-0.25, -0.2) is 8.42 Å². The van der Waals surface area contributed by atoms with E-state index < -0.39 is 15.9 Å². The molecule has 0 saturated carbocycles. The molecule has 0 radical (unpaired) electrons. The maximum Gasteiger partial charge on any atom is 0.269 e. The molecule has 1 atom stereocenters. The van der Waals surface area contributed by atoms with E-state index in [1.165, 1.54) is 6.07 Å². The summed E-state index contributed by atoms with van der Waals surface area (Å²) in [6.45, 7) is 4.86. The molecule has 31 heavy (non-hydrogen) atoms. The van der Waals surface area contributed by atoms with Gasteiger partial charge in [-0.1, -0.05) is 18.2 Å². The van der Waals surface area contributed by atoms with Crippen molar-refractivity contribution in [2.24, 2.45) is 0 Å². The van der Waals surface area contributed by atoms with E-state index in [1.807, 2.05) is 13.0 Å². The van der Waals surface area contributed by atoms with Crippen LogP contribution in [0, 0.1) is 13.8 Å². The number of hydrogen-bond donors (Lipinski definition) is 4. The van der Waals surface area contributed by atoms with E-state index in [4.69, 9.17) is 17.0 Å². The second kappa shape index (κ2) is 10.1. The Morgan fingerprint density at radius 2 is 1.97 bits per heavy atom. The molecule has 1 aliphatic rings. The fourth-order valence-electron chi connectivity index (χ4n) is 3.19. The Kier molecular flexibility index (Phi) is 7.47. The van der Waals surface area contributed by atoms with Crippen molar-refractivity contribution in [3.8, 4) is 0 Å². The standard InChI is InChI=1S/C21H26N4O4S2/c1-14-5-3-6-17(11-14)25-31(27,28)19-12-16(9-8-15(19)2)20(26)23-24-21(30)22-13-18-7-4-10-29-18/h3,5-6,8-9,11-12,18,25H,4,7,10,13H2,1-2H3,(H,23,26)(H2,22,24,30)/t18-/m0/s1. The minimum atomic E-state index is -3.87. The van der Waals surface area contributed by atoms with Gasteiger partial charge >= 0.3 is 0 Å². The van der Waals surface area contributed by atoms with Gasteiger partial charge in [0.15, 0.2) is 5.11 Å². The molecule has 2 aromatic rings. The van der Waals surface area contributed by atoms with Crippen LogP contribution < -0.4 is 20.9 Å². The number of anilines is 1. The lowest BCUT2D eigenvalue weighted by molar-refractivity contribution is 0.0943. The number of carbonyl (C=O) groups is 1. The van der Waals surface area contributed by atoms with Gasteiger partial charge in [-0.15, -0.1) is 0 Å². The number of sulfonamides is 1. The van der Waals surface area contributed by atoms with Crippen LogP contribution in [0.15, 0.2) is 47.4 Å². The molecule has 4 N–H and O–H groups in total. The maximum atomic E-state index is 12.9. The number of ether oxygens (including phenoxy) is 1. The monoisotopic (exact) mass is 462 g/mol. The smallest absolute Gasteiger partial charge is 0.269 e. The average Bonchev–Trinajstić information content (AvgIpc) is 3.24. The normalized spacial score (nSPS) is 15.9. The summed E-state index contributed by atoms with van der Waals surface area (Å²) in [5, 5.41) is 3.24. The molecular weight excluding hydrogens is 436 g/mol. The van der Waals surface area contributed by atoms with E-state index in [0.717, 1.165) is 25.0 Å².